The van der Waals surface area contributed by atoms with Crippen LogP contribution in [0.1, 0.15) is 18.2 Å². The zero-order valence-electron chi connectivity index (χ0n) is 12.0. The fourth-order valence-electron chi connectivity index (χ4n) is 1.66. The van der Waals surface area contributed by atoms with Crippen molar-refractivity contribution in [3.63, 3.8) is 0 Å². The van der Waals surface area contributed by atoms with Crippen molar-refractivity contribution in [3.8, 4) is 5.75 Å². The number of aromatic nitrogens is 2. The lowest BCUT2D eigenvalue weighted by molar-refractivity contribution is -0.144. The zero-order chi connectivity index (χ0) is 16.3. The third kappa shape index (κ3) is 3.76. The molecule has 1 heterocycles. The smallest absolute Gasteiger partial charge is 0.344 e. The van der Waals surface area contributed by atoms with Crippen LogP contribution in [-0.2, 0) is 4.79 Å². The van der Waals surface area contributed by atoms with Crippen molar-refractivity contribution in [1.82, 2.24) is 9.66 Å². The summed E-state index contributed by atoms with van der Waals surface area (Å²) >= 11 is 6.07. The van der Waals surface area contributed by atoms with Gasteiger partial charge in [0.05, 0.1) is 23.1 Å². The van der Waals surface area contributed by atoms with Gasteiger partial charge in [-0.25, -0.2) is 14.5 Å². The van der Waals surface area contributed by atoms with E-state index >= 15 is 0 Å². The number of hydrogen-bond acceptors (Lipinski definition) is 5. The predicted octanol–water partition coefficient (Wildman–Crippen LogP) is 2.16. The number of nitrogen functional groups attached to an aromatic ring is 1. The molecule has 0 radical (unpaired) electrons. The van der Waals surface area contributed by atoms with E-state index < -0.39 is 12.1 Å². The standard InChI is InChI=1S/C14H15ClN4O3/c1-8-7-19(14(16)18-8)17-6-10-3-4-12(11(15)5-10)22-9(2)13(20)21/h3-7,9H,1-2H3,(H2,16,18)(H,20,21). The maximum absolute atomic E-state index is 10.8. The first-order chi connectivity index (χ1) is 10.4. The molecule has 1 atom stereocenters. The van der Waals surface area contributed by atoms with Crippen molar-refractivity contribution in [2.75, 3.05) is 5.73 Å². The Labute approximate surface area is 132 Å². The maximum Gasteiger partial charge on any atom is 0.344 e. The number of benzene rings is 1. The molecule has 0 fully saturated rings. The van der Waals surface area contributed by atoms with Gasteiger partial charge in [-0.2, -0.15) is 5.10 Å². The molecule has 0 aliphatic heterocycles. The highest BCUT2D eigenvalue weighted by Crippen LogP contribution is 2.26. The Morgan fingerprint density at radius 1 is 1.59 bits per heavy atom. The van der Waals surface area contributed by atoms with Gasteiger partial charge in [0.15, 0.2) is 6.10 Å². The van der Waals surface area contributed by atoms with E-state index in [1.54, 1.807) is 30.6 Å². The topological polar surface area (TPSA) is 103 Å². The molecule has 0 aliphatic rings. The monoisotopic (exact) mass is 322 g/mol. The van der Waals surface area contributed by atoms with Crippen LogP contribution in [0.4, 0.5) is 5.95 Å². The fourth-order valence-corrected chi connectivity index (χ4v) is 1.89. The number of carbonyl (C=O) groups is 1. The Balaban J connectivity index is 2.15. The van der Waals surface area contributed by atoms with Crippen molar-refractivity contribution in [2.45, 2.75) is 20.0 Å². The lowest BCUT2D eigenvalue weighted by atomic mass is 10.2. The Hall–Kier alpha value is -2.54. The SMILES string of the molecule is Cc1cn(N=Cc2ccc(OC(C)C(=O)O)c(Cl)c2)c(N)n1. The third-order valence-electron chi connectivity index (χ3n) is 2.77. The molecule has 0 bridgehead atoms. The molecule has 0 aliphatic carbocycles. The summed E-state index contributed by atoms with van der Waals surface area (Å²) in [6.45, 7) is 3.24. The van der Waals surface area contributed by atoms with E-state index in [9.17, 15) is 4.79 Å². The lowest BCUT2D eigenvalue weighted by Gasteiger charge is -2.11. The van der Waals surface area contributed by atoms with Gasteiger partial charge in [0.1, 0.15) is 5.75 Å². The number of nitrogens with zero attached hydrogens (tertiary/aromatic N) is 3. The van der Waals surface area contributed by atoms with E-state index in [-0.39, 0.29) is 5.95 Å². The summed E-state index contributed by atoms with van der Waals surface area (Å²) < 4.78 is 6.68. The number of nitrogens with two attached hydrogens (primary N) is 1. The molecule has 0 saturated heterocycles. The van der Waals surface area contributed by atoms with Gasteiger partial charge < -0.3 is 15.6 Å². The minimum absolute atomic E-state index is 0.287. The fraction of sp³-hybridized carbons (Fsp3) is 0.214. The second kappa shape index (κ2) is 6.48. The molecule has 2 rings (SSSR count). The van der Waals surface area contributed by atoms with Crippen molar-refractivity contribution in [3.05, 3.63) is 40.7 Å². The molecular weight excluding hydrogens is 308 g/mol. The highest BCUT2D eigenvalue weighted by Gasteiger charge is 2.14. The minimum Gasteiger partial charge on any atom is -0.479 e. The number of halogens is 1. The summed E-state index contributed by atoms with van der Waals surface area (Å²) in [6.07, 6.45) is 2.28. The van der Waals surface area contributed by atoms with Crippen LogP contribution in [0.5, 0.6) is 5.75 Å². The molecule has 1 aromatic carbocycles. The van der Waals surface area contributed by atoms with Crippen LogP contribution in [0.15, 0.2) is 29.5 Å². The molecule has 1 aromatic heterocycles. The average molecular weight is 323 g/mol. The van der Waals surface area contributed by atoms with E-state index in [1.807, 2.05) is 6.92 Å². The van der Waals surface area contributed by atoms with Gasteiger partial charge in [-0.15, -0.1) is 0 Å². The van der Waals surface area contributed by atoms with Crippen molar-refractivity contribution in [1.29, 1.82) is 0 Å². The van der Waals surface area contributed by atoms with Crippen LogP contribution < -0.4 is 10.5 Å². The molecule has 2 aromatic rings. The van der Waals surface area contributed by atoms with Gasteiger partial charge in [0, 0.05) is 0 Å². The first-order valence-electron chi connectivity index (χ1n) is 6.41. The minimum atomic E-state index is -1.06. The highest BCUT2D eigenvalue weighted by molar-refractivity contribution is 6.32. The molecule has 0 saturated carbocycles. The lowest BCUT2D eigenvalue weighted by Crippen LogP contribution is -2.23. The average Bonchev–Trinajstić information content (AvgIpc) is 2.77. The van der Waals surface area contributed by atoms with Gasteiger partial charge in [0.25, 0.3) is 0 Å². The van der Waals surface area contributed by atoms with Gasteiger partial charge in [0.2, 0.25) is 5.95 Å². The maximum atomic E-state index is 10.8. The number of aliphatic carboxylic acids is 1. The van der Waals surface area contributed by atoms with E-state index in [0.717, 1.165) is 5.69 Å². The largest absolute Gasteiger partial charge is 0.479 e. The Kier molecular flexibility index (Phi) is 4.67. The summed E-state index contributed by atoms with van der Waals surface area (Å²) in [7, 11) is 0. The molecule has 8 heteroatoms. The van der Waals surface area contributed by atoms with Crippen molar-refractivity contribution < 1.29 is 14.6 Å². The summed E-state index contributed by atoms with van der Waals surface area (Å²) in [5, 5.41) is 13.3. The van der Waals surface area contributed by atoms with E-state index in [4.69, 9.17) is 27.2 Å². The Morgan fingerprint density at radius 2 is 2.32 bits per heavy atom. The number of imidazole rings is 1. The molecule has 0 amide bonds. The molecule has 22 heavy (non-hydrogen) atoms. The summed E-state index contributed by atoms with van der Waals surface area (Å²) in [5.74, 6) is -0.477. The van der Waals surface area contributed by atoms with Crippen LogP contribution in [-0.4, -0.2) is 33.1 Å². The van der Waals surface area contributed by atoms with Crippen molar-refractivity contribution >= 4 is 29.7 Å². The van der Waals surface area contributed by atoms with Crippen molar-refractivity contribution in [2.24, 2.45) is 5.10 Å². The first kappa shape index (κ1) is 15.8. The molecule has 7 nitrogen and oxygen atoms in total. The van der Waals surface area contributed by atoms with E-state index in [1.165, 1.54) is 11.6 Å². The highest BCUT2D eigenvalue weighted by atomic mass is 35.5. The molecular formula is C14H15ClN4O3. The van der Waals surface area contributed by atoms with Gasteiger partial charge in [-0.3, -0.25) is 0 Å². The van der Waals surface area contributed by atoms with E-state index in [2.05, 4.69) is 10.1 Å². The summed E-state index contributed by atoms with van der Waals surface area (Å²) in [4.78, 5) is 14.8. The second-order valence-corrected chi connectivity index (χ2v) is 5.02. The number of ether oxygens (including phenoxy) is 1. The summed E-state index contributed by atoms with van der Waals surface area (Å²) in [6, 6.07) is 4.92. The third-order valence-corrected chi connectivity index (χ3v) is 3.07. The van der Waals surface area contributed by atoms with Gasteiger partial charge in [-0.1, -0.05) is 11.6 Å². The number of aryl methyl sites for hydroxylation is 1. The molecule has 1 unspecified atom stereocenters. The summed E-state index contributed by atoms with van der Waals surface area (Å²) in [5.41, 5.74) is 7.16. The van der Waals surface area contributed by atoms with Crippen LogP contribution in [0, 0.1) is 6.92 Å². The first-order valence-corrected chi connectivity index (χ1v) is 6.79. The van der Waals surface area contributed by atoms with Crippen LogP contribution in [0.3, 0.4) is 0 Å². The van der Waals surface area contributed by atoms with Crippen LogP contribution in [0.25, 0.3) is 0 Å². The van der Waals surface area contributed by atoms with Gasteiger partial charge in [-0.05, 0) is 37.6 Å². The predicted molar refractivity (Wildman–Crippen MR) is 83.5 cm³/mol. The quantitative estimate of drug-likeness (QED) is 0.821. The molecule has 3 N–H and O–H groups in total. The number of hydrogen-bond donors (Lipinski definition) is 2. The number of carboxylic acid groups (broad SMARTS) is 1. The Bertz CT molecular complexity index is 727. The van der Waals surface area contributed by atoms with Crippen LogP contribution >= 0.6 is 11.6 Å². The number of anilines is 1. The zero-order valence-corrected chi connectivity index (χ0v) is 12.8. The Morgan fingerprint density at radius 3 is 2.86 bits per heavy atom. The van der Waals surface area contributed by atoms with E-state index in [0.29, 0.717) is 16.3 Å². The second-order valence-electron chi connectivity index (χ2n) is 4.62. The molecule has 116 valence electrons. The van der Waals surface area contributed by atoms with Gasteiger partial charge >= 0.3 is 5.97 Å². The van der Waals surface area contributed by atoms with Crippen LogP contribution in [0.2, 0.25) is 5.02 Å². The molecule has 0 spiro atoms. The number of rotatable bonds is 5. The normalized spacial score (nSPS) is 12.5. The number of carboxylic acids is 1.